The van der Waals surface area contributed by atoms with Crippen molar-refractivity contribution in [2.45, 2.75) is 34.1 Å². The summed E-state index contributed by atoms with van der Waals surface area (Å²) in [6.45, 7) is 10.9. The maximum atomic E-state index is 13.0. The maximum absolute atomic E-state index is 13.0. The van der Waals surface area contributed by atoms with E-state index in [4.69, 9.17) is 0 Å². The van der Waals surface area contributed by atoms with Gasteiger partial charge in [-0.2, -0.15) is 0 Å². The minimum Gasteiger partial charge on any atom is -0.368 e. The van der Waals surface area contributed by atoms with Crippen molar-refractivity contribution in [1.29, 1.82) is 0 Å². The minimum absolute atomic E-state index is 0.00622. The highest BCUT2D eigenvalue weighted by Crippen LogP contribution is 2.25. The summed E-state index contributed by atoms with van der Waals surface area (Å²) < 4.78 is 0. The Bertz CT molecular complexity index is 885. The zero-order chi connectivity index (χ0) is 21.0. The van der Waals surface area contributed by atoms with Crippen molar-refractivity contribution in [2.24, 2.45) is 0 Å². The second-order valence-electron chi connectivity index (χ2n) is 7.67. The van der Waals surface area contributed by atoms with E-state index in [9.17, 15) is 9.59 Å². The third-order valence-corrected chi connectivity index (χ3v) is 5.89. The molecule has 0 radical (unpaired) electrons. The standard InChI is InChI=1S/C24H31N3O2/c1-5-21-10-6-7-11-23(21)27(20(4)28)17-24(29)26-15-13-25(14-16-26)22-12-8-9-18(2)19(22)3/h6-12H,5,13-17H2,1-4H3. The van der Waals surface area contributed by atoms with Gasteiger partial charge in [0.05, 0.1) is 0 Å². The summed E-state index contributed by atoms with van der Waals surface area (Å²) in [6, 6.07) is 14.2. The fraction of sp³-hybridized carbons (Fsp3) is 0.417. The van der Waals surface area contributed by atoms with E-state index in [2.05, 4.69) is 43.9 Å². The van der Waals surface area contributed by atoms with Gasteiger partial charge in [0, 0.05) is 44.5 Å². The molecule has 1 aliphatic rings. The molecule has 0 bridgehead atoms. The number of para-hydroxylation sites is 1. The molecule has 0 aromatic heterocycles. The lowest BCUT2D eigenvalue weighted by Crippen LogP contribution is -2.52. The molecule has 1 aliphatic heterocycles. The summed E-state index contributed by atoms with van der Waals surface area (Å²) in [5.74, 6) is -0.0972. The molecule has 1 saturated heterocycles. The Morgan fingerprint density at radius 2 is 1.66 bits per heavy atom. The monoisotopic (exact) mass is 393 g/mol. The summed E-state index contributed by atoms with van der Waals surface area (Å²) in [4.78, 5) is 31.1. The lowest BCUT2D eigenvalue weighted by molar-refractivity contribution is -0.131. The number of benzene rings is 2. The summed E-state index contributed by atoms with van der Waals surface area (Å²) in [7, 11) is 0. The van der Waals surface area contributed by atoms with Crippen LogP contribution >= 0.6 is 0 Å². The Labute approximate surface area is 173 Å². The zero-order valence-electron chi connectivity index (χ0n) is 17.9. The largest absolute Gasteiger partial charge is 0.368 e. The fourth-order valence-electron chi connectivity index (χ4n) is 3.95. The number of amides is 2. The van der Waals surface area contributed by atoms with E-state index in [1.165, 1.54) is 23.7 Å². The number of hydrogen-bond acceptors (Lipinski definition) is 3. The SMILES string of the molecule is CCc1ccccc1N(CC(=O)N1CCN(c2cccc(C)c2C)CC1)C(C)=O. The molecule has 0 N–H and O–H groups in total. The minimum atomic E-state index is -0.103. The van der Waals surface area contributed by atoms with E-state index < -0.39 is 0 Å². The van der Waals surface area contributed by atoms with Crippen LogP contribution in [0.5, 0.6) is 0 Å². The first-order valence-corrected chi connectivity index (χ1v) is 10.4. The Balaban J connectivity index is 1.67. The van der Waals surface area contributed by atoms with Gasteiger partial charge in [-0.15, -0.1) is 0 Å². The third-order valence-electron chi connectivity index (χ3n) is 5.89. The van der Waals surface area contributed by atoms with Crippen LogP contribution in [0.1, 0.15) is 30.5 Å². The van der Waals surface area contributed by atoms with E-state index in [0.717, 1.165) is 30.8 Å². The van der Waals surface area contributed by atoms with E-state index in [0.29, 0.717) is 13.1 Å². The molecule has 0 aliphatic carbocycles. The van der Waals surface area contributed by atoms with Crippen LogP contribution < -0.4 is 9.80 Å². The average Bonchev–Trinajstić information content (AvgIpc) is 2.73. The molecule has 0 spiro atoms. The number of piperazine rings is 1. The molecule has 2 aromatic rings. The summed E-state index contributed by atoms with van der Waals surface area (Å²) >= 11 is 0. The van der Waals surface area contributed by atoms with Gasteiger partial charge in [0.2, 0.25) is 11.8 Å². The van der Waals surface area contributed by atoms with Crippen molar-refractivity contribution in [3.63, 3.8) is 0 Å². The van der Waals surface area contributed by atoms with E-state index in [-0.39, 0.29) is 18.4 Å². The predicted molar refractivity (Wildman–Crippen MR) is 119 cm³/mol. The molecular formula is C24H31N3O2. The zero-order valence-corrected chi connectivity index (χ0v) is 17.9. The molecule has 2 amide bonds. The number of carbonyl (C=O) groups excluding carboxylic acids is 2. The van der Waals surface area contributed by atoms with Gasteiger partial charge in [0.15, 0.2) is 0 Å². The molecule has 0 saturated carbocycles. The van der Waals surface area contributed by atoms with Crippen LogP contribution in [0, 0.1) is 13.8 Å². The van der Waals surface area contributed by atoms with Crippen molar-refractivity contribution < 1.29 is 9.59 Å². The van der Waals surface area contributed by atoms with Gasteiger partial charge in [-0.05, 0) is 49.1 Å². The first kappa shape index (κ1) is 20.9. The Kier molecular flexibility index (Phi) is 6.57. The summed E-state index contributed by atoms with van der Waals surface area (Å²) in [6.07, 6.45) is 0.822. The molecule has 5 heteroatoms. The van der Waals surface area contributed by atoms with Crippen LogP contribution in [0.15, 0.2) is 42.5 Å². The highest BCUT2D eigenvalue weighted by molar-refractivity contribution is 5.98. The van der Waals surface area contributed by atoms with Gasteiger partial charge in [-0.25, -0.2) is 0 Å². The number of aryl methyl sites for hydroxylation is 2. The van der Waals surface area contributed by atoms with Crippen LogP contribution in [-0.4, -0.2) is 49.4 Å². The maximum Gasteiger partial charge on any atom is 0.242 e. The molecule has 3 rings (SSSR count). The molecular weight excluding hydrogens is 362 g/mol. The first-order valence-electron chi connectivity index (χ1n) is 10.4. The second-order valence-corrected chi connectivity index (χ2v) is 7.67. The van der Waals surface area contributed by atoms with Gasteiger partial charge in [0.25, 0.3) is 0 Å². The second kappa shape index (κ2) is 9.12. The molecule has 0 atom stereocenters. The molecule has 5 nitrogen and oxygen atoms in total. The number of rotatable bonds is 5. The van der Waals surface area contributed by atoms with Crippen molar-refractivity contribution in [3.05, 3.63) is 59.2 Å². The fourth-order valence-corrected chi connectivity index (χ4v) is 3.95. The number of anilines is 2. The van der Waals surface area contributed by atoms with E-state index in [1.807, 2.05) is 29.2 Å². The predicted octanol–water partition coefficient (Wildman–Crippen LogP) is 3.57. The van der Waals surface area contributed by atoms with Gasteiger partial charge in [-0.3, -0.25) is 9.59 Å². The highest BCUT2D eigenvalue weighted by Gasteiger charge is 2.25. The van der Waals surface area contributed by atoms with E-state index >= 15 is 0 Å². The van der Waals surface area contributed by atoms with Crippen molar-refractivity contribution in [1.82, 2.24) is 4.90 Å². The normalized spacial score (nSPS) is 14.1. The van der Waals surface area contributed by atoms with Crippen LogP contribution in [-0.2, 0) is 16.0 Å². The molecule has 2 aromatic carbocycles. The molecule has 1 heterocycles. The van der Waals surface area contributed by atoms with Gasteiger partial charge in [-0.1, -0.05) is 37.3 Å². The van der Waals surface area contributed by atoms with Crippen LogP contribution in [0.3, 0.4) is 0 Å². The van der Waals surface area contributed by atoms with Crippen LogP contribution in [0.25, 0.3) is 0 Å². The van der Waals surface area contributed by atoms with Gasteiger partial charge in [0.1, 0.15) is 6.54 Å². The number of nitrogens with zero attached hydrogens (tertiary/aromatic N) is 3. The van der Waals surface area contributed by atoms with Crippen LogP contribution in [0.4, 0.5) is 11.4 Å². The third kappa shape index (κ3) is 4.61. The molecule has 1 fully saturated rings. The summed E-state index contributed by atoms with van der Waals surface area (Å²) in [5, 5.41) is 0. The molecule has 0 unspecified atom stereocenters. The summed E-state index contributed by atoms with van der Waals surface area (Å²) in [5.41, 5.74) is 5.75. The van der Waals surface area contributed by atoms with E-state index in [1.54, 1.807) is 4.90 Å². The number of carbonyl (C=O) groups is 2. The number of hydrogen-bond donors (Lipinski definition) is 0. The van der Waals surface area contributed by atoms with Crippen molar-refractivity contribution in [3.8, 4) is 0 Å². The Hall–Kier alpha value is -2.82. The smallest absolute Gasteiger partial charge is 0.242 e. The van der Waals surface area contributed by atoms with Crippen molar-refractivity contribution >= 4 is 23.2 Å². The molecule has 29 heavy (non-hydrogen) atoms. The Morgan fingerprint density at radius 3 is 2.31 bits per heavy atom. The average molecular weight is 394 g/mol. The highest BCUT2D eigenvalue weighted by atomic mass is 16.2. The topological polar surface area (TPSA) is 43.9 Å². The molecule has 154 valence electrons. The Morgan fingerprint density at radius 1 is 0.966 bits per heavy atom. The van der Waals surface area contributed by atoms with Gasteiger partial charge >= 0.3 is 0 Å². The lowest BCUT2D eigenvalue weighted by Gasteiger charge is -2.38. The lowest BCUT2D eigenvalue weighted by atomic mass is 10.1. The quantitative estimate of drug-likeness (QED) is 0.780. The first-order chi connectivity index (χ1) is 13.9. The van der Waals surface area contributed by atoms with Crippen LogP contribution in [0.2, 0.25) is 0 Å². The van der Waals surface area contributed by atoms with Crippen molar-refractivity contribution in [2.75, 3.05) is 42.5 Å². The van der Waals surface area contributed by atoms with Gasteiger partial charge < -0.3 is 14.7 Å².